The second-order valence-corrected chi connectivity index (χ2v) is 7.78. The minimum Gasteiger partial charge on any atom is -0.496 e. The van der Waals surface area contributed by atoms with Crippen LogP contribution in [0.3, 0.4) is 0 Å². The van der Waals surface area contributed by atoms with E-state index in [0.717, 1.165) is 11.3 Å². The van der Waals surface area contributed by atoms with Crippen molar-refractivity contribution in [2.45, 2.75) is 44.0 Å². The number of nitrogens with one attached hydrogen (secondary N) is 3. The topological polar surface area (TPSA) is 62.4 Å². The van der Waals surface area contributed by atoms with Crippen LogP contribution in [0.5, 0.6) is 5.75 Å². The molecule has 1 aliphatic rings. The molecule has 0 aromatic heterocycles. The molecule has 1 aromatic carbocycles. The highest BCUT2D eigenvalue weighted by Gasteiger charge is 2.27. The minimum atomic E-state index is -0.279. The van der Waals surface area contributed by atoms with Crippen LogP contribution in [0.4, 0.5) is 0 Å². The van der Waals surface area contributed by atoms with Crippen molar-refractivity contribution in [1.29, 1.82) is 0 Å². The van der Waals surface area contributed by atoms with Gasteiger partial charge in [-0.2, -0.15) is 0 Å². The van der Waals surface area contributed by atoms with Crippen molar-refractivity contribution >= 4 is 35.0 Å². The van der Waals surface area contributed by atoms with E-state index in [-0.39, 0.29) is 5.91 Å². The van der Waals surface area contributed by atoms with Gasteiger partial charge in [0.05, 0.1) is 12.7 Å². The summed E-state index contributed by atoms with van der Waals surface area (Å²) in [5, 5.41) is 3.77. The average molecular weight is 382 g/mol. The molecular formula is C18H27N3O2S2. The van der Waals surface area contributed by atoms with E-state index >= 15 is 0 Å². The van der Waals surface area contributed by atoms with E-state index in [0.29, 0.717) is 34.3 Å². The highest BCUT2D eigenvalue weighted by Crippen LogP contribution is 2.29. The number of benzene rings is 1. The number of ether oxygens (including phenoxy) is 1. The minimum absolute atomic E-state index is 0.279. The van der Waals surface area contributed by atoms with Gasteiger partial charge in [0.15, 0.2) is 5.11 Å². The Balaban J connectivity index is 1.90. The maximum Gasteiger partial charge on any atom is 0.273 e. The molecule has 3 atom stereocenters. The first-order valence-electron chi connectivity index (χ1n) is 8.55. The normalized spacial score (nSPS) is 22.8. The zero-order valence-electron chi connectivity index (χ0n) is 15.2. The number of methoxy groups -OCH3 is 1. The van der Waals surface area contributed by atoms with E-state index in [9.17, 15) is 4.79 Å². The number of carbonyl (C=O) groups excluding carboxylic acids is 1. The fourth-order valence-electron chi connectivity index (χ4n) is 3.16. The second kappa shape index (κ2) is 9.29. The van der Waals surface area contributed by atoms with Gasteiger partial charge in [0, 0.05) is 10.9 Å². The Morgan fingerprint density at radius 1 is 1.28 bits per heavy atom. The zero-order valence-corrected chi connectivity index (χ0v) is 16.9. The van der Waals surface area contributed by atoms with Crippen molar-refractivity contribution in [3.63, 3.8) is 0 Å². The van der Waals surface area contributed by atoms with Crippen LogP contribution in [-0.4, -0.2) is 30.4 Å². The number of hydrogen-bond acceptors (Lipinski definition) is 4. The fourth-order valence-corrected chi connectivity index (χ4v) is 3.79. The van der Waals surface area contributed by atoms with Crippen molar-refractivity contribution in [3.8, 4) is 5.75 Å². The third-order valence-corrected chi connectivity index (χ3v) is 5.91. The van der Waals surface area contributed by atoms with Crippen molar-refractivity contribution in [3.05, 3.63) is 23.8 Å². The molecule has 0 saturated heterocycles. The van der Waals surface area contributed by atoms with Crippen LogP contribution in [-0.2, 0) is 0 Å². The summed E-state index contributed by atoms with van der Waals surface area (Å²) in [6.07, 6.45) is 5.55. The molecule has 0 aliphatic heterocycles. The predicted molar refractivity (Wildman–Crippen MR) is 107 cm³/mol. The Morgan fingerprint density at radius 2 is 2.04 bits per heavy atom. The number of hydrogen-bond donors (Lipinski definition) is 3. The molecule has 5 nitrogen and oxygen atoms in total. The summed E-state index contributed by atoms with van der Waals surface area (Å²) in [7, 11) is 1.56. The molecule has 0 heterocycles. The third kappa shape index (κ3) is 5.25. The molecular weight excluding hydrogens is 354 g/mol. The molecule has 1 aliphatic carbocycles. The molecule has 1 amide bonds. The standard InChI is InChI=1S/C18H27N3O2S2/c1-11-6-5-7-15(12(11)2)19-18(24)21-20-17(22)14-9-8-13(25-4)10-16(14)23-3/h8-12,15H,5-7H2,1-4H3,(H,20,22)(H2,19,21,24)/t11-,12-,15-/m1/s1. The van der Waals surface area contributed by atoms with Crippen LogP contribution >= 0.6 is 24.0 Å². The molecule has 0 bridgehead atoms. The molecule has 0 unspecified atom stereocenters. The molecule has 25 heavy (non-hydrogen) atoms. The number of hydrazine groups is 1. The summed E-state index contributed by atoms with van der Waals surface area (Å²) < 4.78 is 5.31. The molecule has 3 N–H and O–H groups in total. The number of thioether (sulfide) groups is 1. The summed E-state index contributed by atoms with van der Waals surface area (Å²) in [5.74, 6) is 1.50. The Bertz CT molecular complexity index is 624. The predicted octanol–water partition coefficient (Wildman–Crippen LogP) is 3.35. The monoisotopic (exact) mass is 381 g/mol. The van der Waals surface area contributed by atoms with Crippen LogP contribution < -0.4 is 20.9 Å². The van der Waals surface area contributed by atoms with Gasteiger partial charge in [-0.3, -0.25) is 15.6 Å². The van der Waals surface area contributed by atoms with E-state index < -0.39 is 0 Å². The molecule has 1 aromatic rings. The SMILES string of the molecule is COc1cc(SC)ccc1C(=O)NNC(=S)N[C@@H]1CCC[C@@H](C)[C@H]1C. The first kappa shape index (κ1) is 19.8. The highest BCUT2D eigenvalue weighted by atomic mass is 32.2. The van der Waals surface area contributed by atoms with Crippen LogP contribution in [0.1, 0.15) is 43.5 Å². The van der Waals surface area contributed by atoms with Gasteiger partial charge in [0.25, 0.3) is 5.91 Å². The van der Waals surface area contributed by atoms with E-state index in [1.54, 1.807) is 24.9 Å². The first-order valence-corrected chi connectivity index (χ1v) is 10.2. The van der Waals surface area contributed by atoms with Crippen molar-refractivity contribution in [2.24, 2.45) is 11.8 Å². The second-order valence-electron chi connectivity index (χ2n) is 6.49. The lowest BCUT2D eigenvalue weighted by atomic mass is 9.78. The summed E-state index contributed by atoms with van der Waals surface area (Å²) in [4.78, 5) is 13.4. The summed E-state index contributed by atoms with van der Waals surface area (Å²) in [6, 6.07) is 5.84. The van der Waals surface area contributed by atoms with Gasteiger partial charge < -0.3 is 10.1 Å². The summed E-state index contributed by atoms with van der Waals surface area (Å²) in [5.41, 5.74) is 5.92. The number of amides is 1. The Hall–Kier alpha value is -1.47. The highest BCUT2D eigenvalue weighted by molar-refractivity contribution is 7.98. The van der Waals surface area contributed by atoms with Gasteiger partial charge in [-0.25, -0.2) is 0 Å². The molecule has 1 fully saturated rings. The van der Waals surface area contributed by atoms with Crippen molar-refractivity contribution in [2.75, 3.05) is 13.4 Å². The van der Waals surface area contributed by atoms with Crippen molar-refractivity contribution < 1.29 is 9.53 Å². The summed E-state index contributed by atoms with van der Waals surface area (Å²) in [6.45, 7) is 4.53. The Kier molecular flexibility index (Phi) is 7.38. The molecule has 7 heteroatoms. The van der Waals surface area contributed by atoms with Crippen LogP contribution in [0.25, 0.3) is 0 Å². The maximum absolute atomic E-state index is 12.4. The van der Waals surface area contributed by atoms with Gasteiger partial charge in [0.1, 0.15) is 5.75 Å². The van der Waals surface area contributed by atoms with E-state index in [2.05, 4.69) is 30.0 Å². The third-order valence-electron chi connectivity index (χ3n) is 4.97. The number of thiocarbonyl (C=S) groups is 1. The van der Waals surface area contributed by atoms with Gasteiger partial charge in [-0.1, -0.05) is 26.7 Å². The quantitative estimate of drug-likeness (QED) is 0.422. The lowest BCUT2D eigenvalue weighted by molar-refractivity contribution is 0.0940. The molecule has 1 saturated carbocycles. The largest absolute Gasteiger partial charge is 0.496 e. The molecule has 0 radical (unpaired) electrons. The van der Waals surface area contributed by atoms with Gasteiger partial charge in [-0.15, -0.1) is 11.8 Å². The number of carbonyl (C=O) groups is 1. The first-order chi connectivity index (χ1) is 12.0. The van der Waals surface area contributed by atoms with E-state index in [1.807, 2.05) is 18.4 Å². The molecule has 0 spiro atoms. The van der Waals surface area contributed by atoms with Crippen LogP contribution in [0.2, 0.25) is 0 Å². The Labute approximate surface area is 159 Å². The van der Waals surface area contributed by atoms with Gasteiger partial charge in [-0.05, 0) is 54.9 Å². The van der Waals surface area contributed by atoms with Crippen LogP contribution in [0, 0.1) is 11.8 Å². The Morgan fingerprint density at radius 3 is 2.72 bits per heavy atom. The fraction of sp³-hybridized carbons (Fsp3) is 0.556. The van der Waals surface area contributed by atoms with E-state index in [1.165, 1.54) is 12.8 Å². The van der Waals surface area contributed by atoms with Gasteiger partial charge in [0.2, 0.25) is 0 Å². The zero-order chi connectivity index (χ0) is 18.4. The molecule has 138 valence electrons. The summed E-state index contributed by atoms with van der Waals surface area (Å²) >= 11 is 6.92. The van der Waals surface area contributed by atoms with Gasteiger partial charge >= 0.3 is 0 Å². The average Bonchev–Trinajstić information content (AvgIpc) is 2.62. The van der Waals surface area contributed by atoms with Crippen molar-refractivity contribution in [1.82, 2.24) is 16.2 Å². The maximum atomic E-state index is 12.4. The lowest BCUT2D eigenvalue weighted by Gasteiger charge is -2.35. The van der Waals surface area contributed by atoms with Crippen LogP contribution in [0.15, 0.2) is 23.1 Å². The molecule has 2 rings (SSSR count). The lowest BCUT2D eigenvalue weighted by Crippen LogP contribution is -2.52. The van der Waals surface area contributed by atoms with E-state index in [4.69, 9.17) is 17.0 Å². The number of rotatable bonds is 4. The smallest absolute Gasteiger partial charge is 0.273 e.